The van der Waals surface area contributed by atoms with E-state index < -0.39 is 0 Å². The lowest BCUT2D eigenvalue weighted by molar-refractivity contribution is 0.0264. The predicted octanol–water partition coefficient (Wildman–Crippen LogP) is 3.93. The molecule has 1 saturated heterocycles. The van der Waals surface area contributed by atoms with Crippen molar-refractivity contribution in [3.63, 3.8) is 0 Å². The molecule has 0 spiro atoms. The van der Waals surface area contributed by atoms with E-state index in [2.05, 4.69) is 52.0 Å². The molecule has 1 aromatic rings. The van der Waals surface area contributed by atoms with Gasteiger partial charge in [-0.05, 0) is 42.9 Å². The minimum atomic E-state index is 0.197. The highest BCUT2D eigenvalue weighted by molar-refractivity contribution is 5.31. The summed E-state index contributed by atoms with van der Waals surface area (Å²) in [6.07, 6.45) is 2.92. The number of benzene rings is 1. The largest absolute Gasteiger partial charge is 0.491 e. The van der Waals surface area contributed by atoms with Crippen LogP contribution in [-0.4, -0.2) is 18.8 Å². The zero-order chi connectivity index (χ0) is 13.2. The van der Waals surface area contributed by atoms with Gasteiger partial charge in [-0.25, -0.2) is 0 Å². The van der Waals surface area contributed by atoms with Crippen molar-refractivity contribution >= 4 is 0 Å². The average molecular weight is 248 g/mol. The molecule has 100 valence electrons. The van der Waals surface area contributed by atoms with Crippen molar-refractivity contribution in [2.75, 3.05) is 6.61 Å². The van der Waals surface area contributed by atoms with Crippen LogP contribution in [0.15, 0.2) is 24.3 Å². The van der Waals surface area contributed by atoms with Gasteiger partial charge in [-0.15, -0.1) is 0 Å². The van der Waals surface area contributed by atoms with E-state index in [0.717, 1.165) is 18.6 Å². The van der Waals surface area contributed by atoms with Crippen molar-refractivity contribution in [3.05, 3.63) is 29.8 Å². The van der Waals surface area contributed by atoms with E-state index in [0.29, 0.717) is 12.7 Å². The Hall–Kier alpha value is -1.02. The van der Waals surface area contributed by atoms with Gasteiger partial charge in [-0.1, -0.05) is 32.9 Å². The summed E-state index contributed by atoms with van der Waals surface area (Å²) in [7, 11) is 0. The Bertz CT molecular complexity index is 375. The van der Waals surface area contributed by atoms with Crippen molar-refractivity contribution in [3.8, 4) is 5.75 Å². The van der Waals surface area contributed by atoms with E-state index in [1.54, 1.807) is 0 Å². The molecule has 2 unspecified atom stereocenters. The Labute approximate surface area is 110 Å². The molecule has 2 atom stereocenters. The molecule has 0 saturated carbocycles. The van der Waals surface area contributed by atoms with Crippen LogP contribution in [-0.2, 0) is 10.2 Å². The summed E-state index contributed by atoms with van der Waals surface area (Å²) in [5.74, 6) is 0.936. The lowest BCUT2D eigenvalue weighted by Crippen LogP contribution is -2.18. The van der Waals surface area contributed by atoms with Gasteiger partial charge in [0.15, 0.2) is 0 Å². The van der Waals surface area contributed by atoms with E-state index in [-0.39, 0.29) is 11.5 Å². The van der Waals surface area contributed by atoms with Gasteiger partial charge in [0.2, 0.25) is 0 Å². The zero-order valence-corrected chi connectivity index (χ0v) is 11.9. The second-order valence-electron chi connectivity index (χ2n) is 6.23. The Morgan fingerprint density at radius 1 is 1.17 bits per heavy atom. The van der Waals surface area contributed by atoms with Gasteiger partial charge in [-0.3, -0.25) is 0 Å². The molecule has 0 aliphatic carbocycles. The smallest absolute Gasteiger partial charge is 0.119 e. The highest BCUT2D eigenvalue weighted by atomic mass is 16.5. The van der Waals surface area contributed by atoms with E-state index in [9.17, 15) is 0 Å². The van der Waals surface area contributed by atoms with Gasteiger partial charge in [0.1, 0.15) is 12.4 Å². The average Bonchev–Trinajstić information content (AvgIpc) is 2.72. The number of hydrogen-bond donors (Lipinski definition) is 0. The van der Waals surface area contributed by atoms with Crippen molar-refractivity contribution < 1.29 is 9.47 Å². The third kappa shape index (κ3) is 3.49. The second kappa shape index (κ2) is 5.31. The molecule has 1 aromatic carbocycles. The molecule has 0 amide bonds. The molecule has 0 bridgehead atoms. The molecule has 2 nitrogen and oxygen atoms in total. The minimum Gasteiger partial charge on any atom is -0.491 e. The van der Waals surface area contributed by atoms with Gasteiger partial charge < -0.3 is 9.47 Å². The Balaban J connectivity index is 1.87. The Kier molecular flexibility index (Phi) is 3.96. The molecule has 0 N–H and O–H groups in total. The maximum atomic E-state index is 5.78. The van der Waals surface area contributed by atoms with Crippen LogP contribution < -0.4 is 4.74 Å². The topological polar surface area (TPSA) is 18.5 Å². The van der Waals surface area contributed by atoms with E-state index in [4.69, 9.17) is 9.47 Å². The zero-order valence-electron chi connectivity index (χ0n) is 11.9. The molecule has 0 radical (unpaired) electrons. The third-order valence-electron chi connectivity index (χ3n) is 3.48. The Morgan fingerprint density at radius 2 is 1.83 bits per heavy atom. The van der Waals surface area contributed by atoms with Crippen molar-refractivity contribution in [1.29, 1.82) is 0 Å². The predicted molar refractivity (Wildman–Crippen MR) is 74.2 cm³/mol. The molecule has 2 rings (SSSR count). The van der Waals surface area contributed by atoms with Gasteiger partial charge in [0, 0.05) is 0 Å². The fraction of sp³-hybridized carbons (Fsp3) is 0.625. The van der Waals surface area contributed by atoms with Crippen LogP contribution in [0, 0.1) is 0 Å². The molecule has 2 heteroatoms. The highest BCUT2D eigenvalue weighted by Gasteiger charge is 2.22. The highest BCUT2D eigenvalue weighted by Crippen LogP contribution is 2.25. The van der Waals surface area contributed by atoms with Gasteiger partial charge in [0.25, 0.3) is 0 Å². The number of ether oxygens (including phenoxy) is 2. The fourth-order valence-electron chi connectivity index (χ4n) is 2.25. The first kappa shape index (κ1) is 13.4. The molecule has 1 aliphatic rings. The summed E-state index contributed by atoms with van der Waals surface area (Å²) in [5.41, 5.74) is 1.53. The Morgan fingerprint density at radius 3 is 2.33 bits per heavy atom. The SMILES string of the molecule is CC1CCC(COc2ccc(C(C)(C)C)cc2)O1. The third-order valence-corrected chi connectivity index (χ3v) is 3.48. The quantitative estimate of drug-likeness (QED) is 0.807. The van der Waals surface area contributed by atoms with Crippen LogP contribution in [0.3, 0.4) is 0 Å². The summed E-state index contributed by atoms with van der Waals surface area (Å²) >= 11 is 0. The molecule has 1 heterocycles. The van der Waals surface area contributed by atoms with Crippen LogP contribution in [0.2, 0.25) is 0 Å². The molecule has 1 aliphatic heterocycles. The minimum absolute atomic E-state index is 0.197. The standard InChI is InChI=1S/C16H24O2/c1-12-5-8-15(18-12)11-17-14-9-6-13(7-10-14)16(2,3)4/h6-7,9-10,12,15H,5,8,11H2,1-4H3. The monoisotopic (exact) mass is 248 g/mol. The summed E-state index contributed by atoms with van der Waals surface area (Å²) in [6, 6.07) is 8.40. The van der Waals surface area contributed by atoms with E-state index in [1.807, 2.05) is 0 Å². The van der Waals surface area contributed by atoms with Gasteiger partial charge in [0.05, 0.1) is 12.2 Å². The van der Waals surface area contributed by atoms with E-state index >= 15 is 0 Å². The first-order valence-electron chi connectivity index (χ1n) is 6.84. The van der Waals surface area contributed by atoms with Gasteiger partial charge in [-0.2, -0.15) is 0 Å². The normalized spacial score (nSPS) is 24.2. The fourth-order valence-corrected chi connectivity index (χ4v) is 2.25. The van der Waals surface area contributed by atoms with Crippen LogP contribution in [0.25, 0.3) is 0 Å². The number of hydrogen-bond acceptors (Lipinski definition) is 2. The maximum absolute atomic E-state index is 5.78. The van der Waals surface area contributed by atoms with Crippen molar-refractivity contribution in [2.45, 2.75) is 58.2 Å². The van der Waals surface area contributed by atoms with Crippen molar-refractivity contribution in [2.24, 2.45) is 0 Å². The maximum Gasteiger partial charge on any atom is 0.119 e. The second-order valence-corrected chi connectivity index (χ2v) is 6.23. The van der Waals surface area contributed by atoms with Gasteiger partial charge >= 0.3 is 0 Å². The first-order valence-corrected chi connectivity index (χ1v) is 6.84. The van der Waals surface area contributed by atoms with Crippen LogP contribution in [0.5, 0.6) is 5.75 Å². The number of rotatable bonds is 3. The summed E-state index contributed by atoms with van der Waals surface area (Å²) < 4.78 is 11.5. The summed E-state index contributed by atoms with van der Waals surface area (Å²) in [5, 5.41) is 0. The molecular weight excluding hydrogens is 224 g/mol. The molecular formula is C16H24O2. The lowest BCUT2D eigenvalue weighted by atomic mass is 9.87. The summed E-state index contributed by atoms with van der Waals surface area (Å²) in [4.78, 5) is 0. The molecule has 18 heavy (non-hydrogen) atoms. The lowest BCUT2D eigenvalue weighted by Gasteiger charge is -2.19. The molecule has 1 fully saturated rings. The van der Waals surface area contributed by atoms with Crippen molar-refractivity contribution in [1.82, 2.24) is 0 Å². The van der Waals surface area contributed by atoms with E-state index in [1.165, 1.54) is 5.56 Å². The van der Waals surface area contributed by atoms with Crippen LogP contribution in [0.1, 0.15) is 46.1 Å². The summed E-state index contributed by atoms with van der Waals surface area (Å²) in [6.45, 7) is 9.45. The van der Waals surface area contributed by atoms with Crippen LogP contribution >= 0.6 is 0 Å². The first-order chi connectivity index (χ1) is 8.45. The van der Waals surface area contributed by atoms with Crippen LogP contribution in [0.4, 0.5) is 0 Å². The molecule has 0 aromatic heterocycles.